The quantitative estimate of drug-likeness (QED) is 0.829. The molecular formula is C18H23N3O4. The van der Waals surface area contributed by atoms with Crippen LogP contribution in [-0.2, 0) is 14.3 Å². The zero-order chi connectivity index (χ0) is 17.8. The minimum atomic E-state index is -0.333. The Bertz CT molecular complexity index is 641. The van der Waals surface area contributed by atoms with E-state index in [1.807, 2.05) is 30.3 Å². The fraction of sp³-hybridized carbons (Fsp3) is 0.500. The molecule has 2 heterocycles. The highest BCUT2D eigenvalue weighted by Crippen LogP contribution is 2.26. The van der Waals surface area contributed by atoms with Gasteiger partial charge in [0.15, 0.2) is 0 Å². The van der Waals surface area contributed by atoms with E-state index in [9.17, 15) is 14.4 Å². The molecule has 2 fully saturated rings. The Kier molecular flexibility index (Phi) is 5.21. The second-order valence-electron chi connectivity index (χ2n) is 6.25. The van der Waals surface area contributed by atoms with Crippen LogP contribution in [-0.4, -0.2) is 67.0 Å². The van der Waals surface area contributed by atoms with Gasteiger partial charge < -0.3 is 19.4 Å². The summed E-state index contributed by atoms with van der Waals surface area (Å²) < 4.78 is 4.99. The third-order valence-electron chi connectivity index (χ3n) is 4.66. The van der Waals surface area contributed by atoms with Crippen LogP contribution >= 0.6 is 0 Å². The van der Waals surface area contributed by atoms with Crippen LogP contribution in [0.1, 0.15) is 13.3 Å². The van der Waals surface area contributed by atoms with Gasteiger partial charge in [0.05, 0.1) is 12.5 Å². The van der Waals surface area contributed by atoms with Gasteiger partial charge in [0, 0.05) is 44.8 Å². The molecule has 0 spiro atoms. The minimum absolute atomic E-state index is 0.00436. The predicted molar refractivity (Wildman–Crippen MR) is 92.1 cm³/mol. The number of hydrogen-bond acceptors (Lipinski definition) is 4. The number of amides is 3. The lowest BCUT2D eigenvalue weighted by molar-refractivity contribution is -0.137. The van der Waals surface area contributed by atoms with Crippen molar-refractivity contribution in [3.8, 4) is 0 Å². The van der Waals surface area contributed by atoms with Crippen LogP contribution in [0.2, 0.25) is 0 Å². The molecule has 2 saturated heterocycles. The summed E-state index contributed by atoms with van der Waals surface area (Å²) in [4.78, 5) is 41.8. The summed E-state index contributed by atoms with van der Waals surface area (Å²) in [7, 11) is 0. The van der Waals surface area contributed by atoms with Gasteiger partial charge in [0.1, 0.15) is 0 Å². The maximum Gasteiger partial charge on any atom is 0.409 e. The van der Waals surface area contributed by atoms with Gasteiger partial charge >= 0.3 is 6.09 Å². The van der Waals surface area contributed by atoms with Crippen LogP contribution in [0.4, 0.5) is 10.5 Å². The number of carbonyl (C=O) groups is 3. The second-order valence-corrected chi connectivity index (χ2v) is 6.25. The number of piperazine rings is 1. The van der Waals surface area contributed by atoms with E-state index in [2.05, 4.69) is 0 Å². The normalized spacial score (nSPS) is 20.8. The van der Waals surface area contributed by atoms with Crippen molar-refractivity contribution in [3.63, 3.8) is 0 Å². The Morgan fingerprint density at radius 1 is 1.08 bits per heavy atom. The summed E-state index contributed by atoms with van der Waals surface area (Å²) in [6, 6.07) is 9.42. The fourth-order valence-corrected chi connectivity index (χ4v) is 3.31. The van der Waals surface area contributed by atoms with Crippen molar-refractivity contribution in [1.29, 1.82) is 0 Å². The van der Waals surface area contributed by atoms with Crippen LogP contribution < -0.4 is 4.90 Å². The Morgan fingerprint density at radius 3 is 2.36 bits per heavy atom. The molecule has 3 rings (SSSR count). The number of benzene rings is 1. The van der Waals surface area contributed by atoms with Crippen molar-refractivity contribution in [2.24, 2.45) is 5.92 Å². The van der Waals surface area contributed by atoms with Crippen molar-refractivity contribution in [2.45, 2.75) is 13.3 Å². The van der Waals surface area contributed by atoms with Crippen molar-refractivity contribution in [3.05, 3.63) is 30.3 Å². The lowest BCUT2D eigenvalue weighted by atomic mass is 10.1. The highest BCUT2D eigenvalue weighted by molar-refractivity contribution is 6.00. The zero-order valence-electron chi connectivity index (χ0n) is 14.4. The van der Waals surface area contributed by atoms with Gasteiger partial charge in [0.2, 0.25) is 11.8 Å². The molecule has 0 aliphatic carbocycles. The van der Waals surface area contributed by atoms with Gasteiger partial charge in [-0.15, -0.1) is 0 Å². The molecule has 0 radical (unpaired) electrons. The van der Waals surface area contributed by atoms with Crippen LogP contribution in [0.25, 0.3) is 0 Å². The van der Waals surface area contributed by atoms with E-state index < -0.39 is 0 Å². The topological polar surface area (TPSA) is 70.2 Å². The summed E-state index contributed by atoms with van der Waals surface area (Å²) in [5.41, 5.74) is 0.829. The Balaban J connectivity index is 1.56. The fourth-order valence-electron chi connectivity index (χ4n) is 3.31. The smallest absolute Gasteiger partial charge is 0.409 e. The third kappa shape index (κ3) is 3.75. The molecule has 0 N–H and O–H groups in total. The summed E-state index contributed by atoms with van der Waals surface area (Å²) in [6.07, 6.45) is -0.0906. The van der Waals surface area contributed by atoms with Crippen LogP contribution in [0, 0.1) is 5.92 Å². The molecule has 0 bridgehead atoms. The lowest BCUT2D eigenvalue weighted by Gasteiger charge is -2.35. The molecule has 1 aromatic carbocycles. The molecule has 0 saturated carbocycles. The van der Waals surface area contributed by atoms with E-state index in [0.717, 1.165) is 5.69 Å². The standard InChI is InChI=1S/C18H23N3O4/c1-2-25-18(24)20-10-8-19(9-11-20)17(23)14-12-16(22)21(13-14)15-6-4-3-5-7-15/h3-7,14H,2,8-13H2,1H3/t14-/m0/s1. The van der Waals surface area contributed by atoms with Crippen molar-refractivity contribution in [1.82, 2.24) is 9.80 Å². The van der Waals surface area contributed by atoms with Crippen molar-refractivity contribution >= 4 is 23.6 Å². The third-order valence-corrected chi connectivity index (χ3v) is 4.66. The van der Waals surface area contributed by atoms with Gasteiger partial charge in [-0.2, -0.15) is 0 Å². The largest absolute Gasteiger partial charge is 0.450 e. The lowest BCUT2D eigenvalue weighted by Crippen LogP contribution is -2.52. The zero-order valence-corrected chi connectivity index (χ0v) is 14.4. The van der Waals surface area contributed by atoms with Crippen molar-refractivity contribution < 1.29 is 19.1 Å². The maximum absolute atomic E-state index is 12.7. The van der Waals surface area contributed by atoms with E-state index >= 15 is 0 Å². The number of hydrogen-bond donors (Lipinski definition) is 0. The summed E-state index contributed by atoms with van der Waals surface area (Å²) >= 11 is 0. The molecule has 2 aliphatic rings. The molecule has 0 aromatic heterocycles. The Labute approximate surface area is 147 Å². The summed E-state index contributed by atoms with van der Waals surface area (Å²) in [6.45, 7) is 4.42. The molecule has 7 heteroatoms. The first kappa shape index (κ1) is 17.3. The monoisotopic (exact) mass is 345 g/mol. The first-order valence-electron chi connectivity index (χ1n) is 8.66. The number of para-hydroxylation sites is 1. The van der Waals surface area contributed by atoms with Crippen LogP contribution in [0.15, 0.2) is 30.3 Å². The highest BCUT2D eigenvalue weighted by Gasteiger charge is 2.38. The molecule has 7 nitrogen and oxygen atoms in total. The van der Waals surface area contributed by atoms with Crippen LogP contribution in [0.5, 0.6) is 0 Å². The number of rotatable bonds is 3. The van der Waals surface area contributed by atoms with Crippen molar-refractivity contribution in [2.75, 3.05) is 44.2 Å². The molecule has 0 unspecified atom stereocenters. The first-order valence-corrected chi connectivity index (χ1v) is 8.66. The van der Waals surface area contributed by atoms with E-state index in [-0.39, 0.29) is 30.2 Å². The van der Waals surface area contributed by atoms with E-state index in [1.165, 1.54) is 0 Å². The molecule has 2 aliphatic heterocycles. The van der Waals surface area contributed by atoms with Gasteiger partial charge in [-0.3, -0.25) is 9.59 Å². The predicted octanol–water partition coefficient (Wildman–Crippen LogP) is 1.34. The van der Waals surface area contributed by atoms with Gasteiger partial charge in [0.25, 0.3) is 0 Å². The molecule has 134 valence electrons. The summed E-state index contributed by atoms with van der Waals surface area (Å²) in [5.74, 6) is -0.341. The number of carbonyl (C=O) groups excluding carboxylic acids is 3. The second kappa shape index (κ2) is 7.55. The molecule has 25 heavy (non-hydrogen) atoms. The highest BCUT2D eigenvalue weighted by atomic mass is 16.6. The summed E-state index contributed by atoms with van der Waals surface area (Å²) in [5, 5.41) is 0. The first-order chi connectivity index (χ1) is 12.1. The number of ether oxygens (including phenoxy) is 1. The van der Waals surface area contributed by atoms with E-state index in [0.29, 0.717) is 39.3 Å². The van der Waals surface area contributed by atoms with E-state index in [4.69, 9.17) is 4.74 Å². The minimum Gasteiger partial charge on any atom is -0.450 e. The molecular weight excluding hydrogens is 322 g/mol. The van der Waals surface area contributed by atoms with Gasteiger partial charge in [-0.05, 0) is 19.1 Å². The van der Waals surface area contributed by atoms with Gasteiger partial charge in [-0.1, -0.05) is 18.2 Å². The molecule has 3 amide bonds. The van der Waals surface area contributed by atoms with E-state index in [1.54, 1.807) is 21.6 Å². The number of nitrogens with zero attached hydrogens (tertiary/aromatic N) is 3. The van der Waals surface area contributed by atoms with Gasteiger partial charge in [-0.25, -0.2) is 4.79 Å². The van der Waals surface area contributed by atoms with Crippen LogP contribution in [0.3, 0.4) is 0 Å². The average molecular weight is 345 g/mol. The Morgan fingerprint density at radius 2 is 1.72 bits per heavy atom. The SMILES string of the molecule is CCOC(=O)N1CCN(C(=O)[C@H]2CC(=O)N(c3ccccc3)C2)CC1. The molecule has 1 atom stereocenters. The average Bonchev–Trinajstić information content (AvgIpc) is 3.04. The maximum atomic E-state index is 12.7. The number of anilines is 1. The Hall–Kier alpha value is -2.57. The molecule has 1 aromatic rings.